The second-order valence-electron chi connectivity index (χ2n) is 5.35. The zero-order valence-electron chi connectivity index (χ0n) is 13.4. The number of benzene rings is 1. The van der Waals surface area contributed by atoms with Gasteiger partial charge in [-0.1, -0.05) is 31.9 Å². The van der Waals surface area contributed by atoms with Crippen molar-refractivity contribution in [2.75, 3.05) is 0 Å². The molecule has 0 aliphatic heterocycles. The Hall–Kier alpha value is -2.13. The molecule has 0 aliphatic carbocycles. The Morgan fingerprint density at radius 2 is 1.80 bits per heavy atom. The summed E-state index contributed by atoms with van der Waals surface area (Å²) in [4.78, 5) is 25.3. The summed E-state index contributed by atoms with van der Waals surface area (Å²) in [7, 11) is 0. The number of halogens is 2. The quantitative estimate of drug-likeness (QED) is 0.638. The molecule has 0 radical (unpaired) electrons. The first-order chi connectivity index (χ1) is 11.9. The molecule has 1 N–H and O–H groups in total. The number of carbonyl (C=O) groups excluding carboxylic acids is 1. The van der Waals surface area contributed by atoms with Gasteiger partial charge >= 0.3 is 0 Å². The monoisotopic (exact) mass is 464 g/mol. The maximum Gasteiger partial charge on any atom is 0.251 e. The van der Waals surface area contributed by atoms with Crippen LogP contribution >= 0.6 is 31.9 Å². The molecule has 2 aromatic heterocycles. The van der Waals surface area contributed by atoms with Crippen molar-refractivity contribution in [1.29, 1.82) is 0 Å². The van der Waals surface area contributed by atoms with Gasteiger partial charge in [0, 0.05) is 26.9 Å². The normalized spacial score (nSPS) is 12.0. The highest BCUT2D eigenvalue weighted by Crippen LogP contribution is 2.21. The van der Waals surface area contributed by atoms with Crippen molar-refractivity contribution >= 4 is 37.8 Å². The second kappa shape index (κ2) is 7.40. The molecule has 1 atom stereocenters. The van der Waals surface area contributed by atoms with Gasteiger partial charge in [-0.05, 0) is 32.0 Å². The van der Waals surface area contributed by atoms with Gasteiger partial charge in [-0.2, -0.15) is 5.10 Å². The molecule has 0 spiro atoms. The third-order valence-electron chi connectivity index (χ3n) is 3.41. The number of carbonyl (C=O) groups is 1. The smallest absolute Gasteiger partial charge is 0.251 e. The Labute approximate surface area is 161 Å². The van der Waals surface area contributed by atoms with E-state index in [1.54, 1.807) is 42.5 Å². The minimum Gasteiger partial charge on any atom is -0.344 e. The average Bonchev–Trinajstić information content (AvgIpc) is 3.00. The summed E-state index contributed by atoms with van der Waals surface area (Å²) in [6.45, 7) is 3.64. The molecule has 0 bridgehead atoms. The van der Waals surface area contributed by atoms with Crippen LogP contribution in [0.1, 0.15) is 34.8 Å². The first kappa shape index (κ1) is 17.7. The maximum absolute atomic E-state index is 12.5. The fourth-order valence-electron chi connectivity index (χ4n) is 2.30. The van der Waals surface area contributed by atoms with E-state index in [1.807, 2.05) is 13.0 Å². The van der Waals surface area contributed by atoms with Crippen LogP contribution in [0.25, 0.3) is 5.82 Å². The Kier molecular flexibility index (Phi) is 5.24. The van der Waals surface area contributed by atoms with Gasteiger partial charge in [0.2, 0.25) is 0 Å². The van der Waals surface area contributed by atoms with E-state index in [-0.39, 0.29) is 11.9 Å². The molecule has 3 aromatic rings. The van der Waals surface area contributed by atoms with E-state index in [4.69, 9.17) is 0 Å². The van der Waals surface area contributed by atoms with Gasteiger partial charge in [0.1, 0.15) is 17.8 Å². The zero-order valence-corrected chi connectivity index (χ0v) is 16.6. The summed E-state index contributed by atoms with van der Waals surface area (Å²) in [5, 5.41) is 7.20. The standard InChI is InChI=1S/C16H14Br2N6O/c1-9(22-16(25)11-5-12(17)7-13(18)6-11)14-15(20-4-3-19-14)24-8-21-10(2)23-24/h3-9H,1-2H3,(H,22,25). The molecule has 0 aliphatic rings. The molecule has 1 amide bonds. The Morgan fingerprint density at radius 1 is 1.12 bits per heavy atom. The van der Waals surface area contributed by atoms with Crippen LogP contribution in [0.4, 0.5) is 0 Å². The van der Waals surface area contributed by atoms with E-state index in [2.05, 4.69) is 57.2 Å². The Bertz CT molecular complexity index is 906. The third-order valence-corrected chi connectivity index (χ3v) is 4.33. The molecule has 0 saturated heterocycles. The van der Waals surface area contributed by atoms with E-state index in [1.165, 1.54) is 0 Å². The molecule has 0 saturated carbocycles. The predicted octanol–water partition coefficient (Wildman–Crippen LogP) is 3.38. The van der Waals surface area contributed by atoms with E-state index < -0.39 is 0 Å². The molecule has 25 heavy (non-hydrogen) atoms. The van der Waals surface area contributed by atoms with E-state index in [0.717, 1.165) is 8.95 Å². The van der Waals surface area contributed by atoms with Crippen molar-refractivity contribution in [3.8, 4) is 5.82 Å². The summed E-state index contributed by atoms with van der Waals surface area (Å²) in [5.74, 6) is 0.958. The number of hydrogen-bond acceptors (Lipinski definition) is 5. The van der Waals surface area contributed by atoms with E-state index in [0.29, 0.717) is 22.9 Å². The molecule has 7 nitrogen and oxygen atoms in total. The summed E-state index contributed by atoms with van der Waals surface area (Å²) < 4.78 is 3.19. The van der Waals surface area contributed by atoms with Crippen LogP contribution in [0.15, 0.2) is 45.9 Å². The molecule has 128 valence electrons. The lowest BCUT2D eigenvalue weighted by Gasteiger charge is -2.16. The summed E-state index contributed by atoms with van der Waals surface area (Å²) in [5.41, 5.74) is 1.14. The molecular weight excluding hydrogens is 452 g/mol. The lowest BCUT2D eigenvalue weighted by atomic mass is 10.1. The van der Waals surface area contributed by atoms with Crippen LogP contribution in [-0.4, -0.2) is 30.6 Å². The van der Waals surface area contributed by atoms with Crippen molar-refractivity contribution in [3.05, 3.63) is 62.9 Å². The molecule has 3 rings (SSSR count). The maximum atomic E-state index is 12.5. The van der Waals surface area contributed by atoms with Crippen molar-refractivity contribution in [2.45, 2.75) is 19.9 Å². The zero-order chi connectivity index (χ0) is 18.0. The van der Waals surface area contributed by atoms with Crippen molar-refractivity contribution < 1.29 is 4.79 Å². The van der Waals surface area contributed by atoms with Gasteiger partial charge < -0.3 is 5.32 Å². The number of hydrogen-bond donors (Lipinski definition) is 1. The lowest BCUT2D eigenvalue weighted by Crippen LogP contribution is -2.28. The van der Waals surface area contributed by atoms with Gasteiger partial charge in [-0.15, -0.1) is 0 Å². The van der Waals surface area contributed by atoms with E-state index in [9.17, 15) is 4.79 Å². The second-order valence-corrected chi connectivity index (χ2v) is 7.19. The van der Waals surface area contributed by atoms with Crippen molar-refractivity contribution in [3.63, 3.8) is 0 Å². The molecule has 0 fully saturated rings. The first-order valence-corrected chi connectivity index (χ1v) is 8.99. The Morgan fingerprint density at radius 3 is 2.44 bits per heavy atom. The number of aryl methyl sites for hydroxylation is 1. The molecular formula is C16H14Br2N6O. The highest BCUT2D eigenvalue weighted by molar-refractivity contribution is 9.11. The number of amides is 1. The average molecular weight is 466 g/mol. The van der Waals surface area contributed by atoms with Gasteiger partial charge in [0.15, 0.2) is 5.82 Å². The highest BCUT2D eigenvalue weighted by Gasteiger charge is 2.19. The highest BCUT2D eigenvalue weighted by atomic mass is 79.9. The van der Waals surface area contributed by atoms with Gasteiger partial charge in [-0.25, -0.2) is 14.6 Å². The number of nitrogens with one attached hydrogen (secondary N) is 1. The van der Waals surface area contributed by atoms with Crippen LogP contribution in [0, 0.1) is 6.92 Å². The fraction of sp³-hybridized carbons (Fsp3) is 0.188. The minimum atomic E-state index is -0.363. The van der Waals surface area contributed by atoms with Crippen LogP contribution < -0.4 is 5.32 Å². The van der Waals surface area contributed by atoms with Crippen LogP contribution in [-0.2, 0) is 0 Å². The van der Waals surface area contributed by atoms with Crippen LogP contribution in [0.2, 0.25) is 0 Å². The Balaban J connectivity index is 1.86. The van der Waals surface area contributed by atoms with Crippen molar-refractivity contribution in [1.82, 2.24) is 30.0 Å². The summed E-state index contributed by atoms with van der Waals surface area (Å²) >= 11 is 6.77. The number of aromatic nitrogens is 5. The van der Waals surface area contributed by atoms with Gasteiger partial charge in [-0.3, -0.25) is 9.78 Å². The first-order valence-electron chi connectivity index (χ1n) is 7.40. The predicted molar refractivity (Wildman–Crippen MR) is 99.4 cm³/mol. The summed E-state index contributed by atoms with van der Waals surface area (Å²) in [6.07, 6.45) is 4.74. The van der Waals surface area contributed by atoms with Crippen LogP contribution in [0.5, 0.6) is 0 Å². The van der Waals surface area contributed by atoms with Gasteiger partial charge in [0.25, 0.3) is 5.91 Å². The molecule has 2 heterocycles. The largest absolute Gasteiger partial charge is 0.344 e. The third kappa shape index (κ3) is 4.10. The lowest BCUT2D eigenvalue weighted by molar-refractivity contribution is 0.0939. The number of nitrogens with zero attached hydrogens (tertiary/aromatic N) is 5. The molecule has 1 aromatic carbocycles. The SMILES string of the molecule is Cc1ncn(-c2nccnc2C(C)NC(=O)c2cc(Br)cc(Br)c2)n1. The minimum absolute atomic E-state index is 0.208. The van der Waals surface area contributed by atoms with Crippen molar-refractivity contribution in [2.24, 2.45) is 0 Å². The molecule has 9 heteroatoms. The summed E-state index contributed by atoms with van der Waals surface area (Å²) in [6, 6.07) is 5.02. The fourth-order valence-corrected chi connectivity index (χ4v) is 3.60. The molecule has 1 unspecified atom stereocenters. The topological polar surface area (TPSA) is 85.6 Å². The number of rotatable bonds is 4. The van der Waals surface area contributed by atoms with Crippen LogP contribution in [0.3, 0.4) is 0 Å². The van der Waals surface area contributed by atoms with E-state index >= 15 is 0 Å². The van der Waals surface area contributed by atoms with Gasteiger partial charge in [0.05, 0.1) is 6.04 Å².